The molecule has 154 valence electrons. The second-order valence-electron chi connectivity index (χ2n) is 7.86. The topological polar surface area (TPSA) is 92.3 Å². The van der Waals surface area contributed by atoms with Gasteiger partial charge in [0.1, 0.15) is 5.82 Å². The maximum Gasteiger partial charge on any atom is 0.262 e. The van der Waals surface area contributed by atoms with E-state index < -0.39 is 25.9 Å². The van der Waals surface area contributed by atoms with Gasteiger partial charge in [0, 0.05) is 0 Å². The van der Waals surface area contributed by atoms with E-state index in [1.165, 1.54) is 6.07 Å². The third-order valence-corrected chi connectivity index (χ3v) is 6.39. The van der Waals surface area contributed by atoms with Crippen LogP contribution < -0.4 is 9.44 Å². The number of anilines is 2. The van der Waals surface area contributed by atoms with Crippen molar-refractivity contribution in [1.82, 2.24) is 0 Å². The van der Waals surface area contributed by atoms with Gasteiger partial charge in [0.2, 0.25) is 10.0 Å². The normalized spacial score (nSPS) is 12.7. The first kappa shape index (κ1) is 22.2. The monoisotopic (exact) mass is 428 g/mol. The summed E-state index contributed by atoms with van der Waals surface area (Å²) in [7, 11) is -7.67. The summed E-state index contributed by atoms with van der Waals surface area (Å²) in [6.45, 7) is 9.57. The highest BCUT2D eigenvalue weighted by molar-refractivity contribution is 7.93. The molecule has 0 spiro atoms. The van der Waals surface area contributed by atoms with Crippen molar-refractivity contribution < 1.29 is 21.2 Å². The maximum atomic E-state index is 13.8. The summed E-state index contributed by atoms with van der Waals surface area (Å²) in [5, 5.41) is 0. The van der Waals surface area contributed by atoms with Gasteiger partial charge in [-0.1, -0.05) is 32.9 Å². The number of halogens is 1. The molecule has 28 heavy (non-hydrogen) atoms. The van der Waals surface area contributed by atoms with Crippen LogP contribution in [0.15, 0.2) is 35.2 Å². The number of benzene rings is 2. The lowest BCUT2D eigenvalue weighted by atomic mass is 9.85. The lowest BCUT2D eigenvalue weighted by Gasteiger charge is -2.22. The molecule has 0 fully saturated rings. The molecular formula is C19H25FN2O4S2. The van der Waals surface area contributed by atoms with Crippen LogP contribution in [0.2, 0.25) is 0 Å². The molecule has 2 rings (SSSR count). The second-order valence-corrected chi connectivity index (χ2v) is 11.2. The molecular weight excluding hydrogens is 403 g/mol. The number of nitrogens with one attached hydrogen (secondary N) is 2. The summed E-state index contributed by atoms with van der Waals surface area (Å²) in [5.41, 5.74) is 1.78. The van der Waals surface area contributed by atoms with Crippen molar-refractivity contribution in [2.75, 3.05) is 15.7 Å². The van der Waals surface area contributed by atoms with Gasteiger partial charge < -0.3 is 0 Å². The average molecular weight is 429 g/mol. The minimum Gasteiger partial charge on any atom is -0.281 e. The van der Waals surface area contributed by atoms with Crippen LogP contribution in [0.3, 0.4) is 0 Å². The fourth-order valence-corrected chi connectivity index (χ4v) is 4.94. The van der Waals surface area contributed by atoms with Crippen molar-refractivity contribution in [2.45, 2.75) is 44.9 Å². The Balaban J connectivity index is 2.46. The predicted molar refractivity (Wildman–Crippen MR) is 110 cm³/mol. The molecule has 0 radical (unpaired) electrons. The molecule has 9 heteroatoms. The molecule has 0 amide bonds. The molecule has 0 heterocycles. The molecule has 0 aromatic heterocycles. The SMILES string of the molecule is Cc1cc(C(C)(C)C)cc(C)c1S(=O)(=O)Nc1ccc(F)c(NS(C)(=O)=O)c1. The zero-order chi connectivity index (χ0) is 21.5. The van der Waals surface area contributed by atoms with Crippen LogP contribution in [0.25, 0.3) is 0 Å². The molecule has 2 aromatic rings. The van der Waals surface area contributed by atoms with E-state index in [9.17, 15) is 21.2 Å². The molecule has 2 aromatic carbocycles. The van der Waals surface area contributed by atoms with E-state index in [0.717, 1.165) is 24.0 Å². The highest BCUT2D eigenvalue weighted by Crippen LogP contribution is 2.30. The van der Waals surface area contributed by atoms with Crippen LogP contribution in [-0.4, -0.2) is 23.1 Å². The first-order valence-electron chi connectivity index (χ1n) is 8.52. The number of hydrogen-bond donors (Lipinski definition) is 2. The van der Waals surface area contributed by atoms with E-state index in [2.05, 4.69) is 4.72 Å². The van der Waals surface area contributed by atoms with Gasteiger partial charge in [-0.25, -0.2) is 21.2 Å². The number of hydrogen-bond acceptors (Lipinski definition) is 4. The minimum atomic E-state index is -3.96. The maximum absolute atomic E-state index is 13.8. The second kappa shape index (κ2) is 7.36. The van der Waals surface area contributed by atoms with Gasteiger partial charge >= 0.3 is 0 Å². The van der Waals surface area contributed by atoms with E-state index in [1.54, 1.807) is 13.8 Å². The molecule has 0 atom stereocenters. The quantitative estimate of drug-likeness (QED) is 0.755. The zero-order valence-corrected chi connectivity index (χ0v) is 18.3. The zero-order valence-electron chi connectivity index (χ0n) is 16.7. The third kappa shape index (κ3) is 5.23. The van der Waals surface area contributed by atoms with Crippen molar-refractivity contribution in [3.05, 3.63) is 52.8 Å². The van der Waals surface area contributed by atoms with Gasteiger partial charge in [-0.2, -0.15) is 0 Å². The average Bonchev–Trinajstić information content (AvgIpc) is 2.47. The molecule has 0 saturated heterocycles. The van der Waals surface area contributed by atoms with Gasteiger partial charge in [-0.15, -0.1) is 0 Å². The summed E-state index contributed by atoms with van der Waals surface area (Å²) in [6, 6.07) is 7.00. The lowest BCUT2D eigenvalue weighted by molar-refractivity contribution is 0.585. The van der Waals surface area contributed by atoms with Crippen molar-refractivity contribution >= 4 is 31.4 Å². The van der Waals surface area contributed by atoms with Gasteiger partial charge in [-0.3, -0.25) is 9.44 Å². The molecule has 6 nitrogen and oxygen atoms in total. The highest BCUT2D eigenvalue weighted by atomic mass is 32.2. The first-order valence-corrected chi connectivity index (χ1v) is 11.9. The lowest BCUT2D eigenvalue weighted by Crippen LogP contribution is -2.18. The Hall–Kier alpha value is -2.13. The fourth-order valence-electron chi connectivity index (χ4n) is 2.88. The number of aryl methyl sites for hydroxylation is 2. The van der Waals surface area contributed by atoms with Gasteiger partial charge in [-0.05, 0) is 54.2 Å². The minimum absolute atomic E-state index is 0.0475. The van der Waals surface area contributed by atoms with E-state index >= 15 is 0 Å². The number of rotatable bonds is 5. The summed E-state index contributed by atoms with van der Waals surface area (Å²) < 4.78 is 66.9. The van der Waals surface area contributed by atoms with Gasteiger partial charge in [0.15, 0.2) is 0 Å². The van der Waals surface area contributed by atoms with Crippen LogP contribution >= 0.6 is 0 Å². The summed E-state index contributed by atoms with van der Waals surface area (Å²) in [4.78, 5) is 0.141. The Bertz CT molecular complexity index is 1100. The van der Waals surface area contributed by atoms with Crippen LogP contribution in [0, 0.1) is 19.7 Å². The molecule has 0 unspecified atom stereocenters. The van der Waals surface area contributed by atoms with E-state index in [4.69, 9.17) is 0 Å². The van der Waals surface area contributed by atoms with E-state index in [1.807, 2.05) is 37.6 Å². The summed E-state index contributed by atoms with van der Waals surface area (Å²) in [6.07, 6.45) is 0.882. The molecule has 0 bridgehead atoms. The van der Waals surface area contributed by atoms with Gasteiger partial charge in [0.05, 0.1) is 22.5 Å². The molecule has 0 aliphatic carbocycles. The Morgan fingerprint density at radius 2 is 1.43 bits per heavy atom. The summed E-state index contributed by atoms with van der Waals surface area (Å²) >= 11 is 0. The largest absolute Gasteiger partial charge is 0.281 e. The van der Waals surface area contributed by atoms with Crippen molar-refractivity contribution in [3.8, 4) is 0 Å². The van der Waals surface area contributed by atoms with Crippen LogP contribution in [0.4, 0.5) is 15.8 Å². The van der Waals surface area contributed by atoms with Crippen molar-refractivity contribution in [1.29, 1.82) is 0 Å². The van der Waals surface area contributed by atoms with E-state index in [-0.39, 0.29) is 21.7 Å². The van der Waals surface area contributed by atoms with Crippen LogP contribution in [-0.2, 0) is 25.5 Å². The van der Waals surface area contributed by atoms with Crippen molar-refractivity contribution in [2.24, 2.45) is 0 Å². The highest BCUT2D eigenvalue weighted by Gasteiger charge is 2.24. The third-order valence-electron chi connectivity index (χ3n) is 4.11. The van der Waals surface area contributed by atoms with E-state index in [0.29, 0.717) is 11.1 Å². The van der Waals surface area contributed by atoms with Crippen LogP contribution in [0.1, 0.15) is 37.5 Å². The smallest absolute Gasteiger partial charge is 0.262 e. The molecule has 0 saturated carbocycles. The Morgan fingerprint density at radius 1 is 0.893 bits per heavy atom. The molecule has 0 aliphatic heterocycles. The fraction of sp³-hybridized carbons (Fsp3) is 0.368. The Morgan fingerprint density at radius 3 is 1.89 bits per heavy atom. The van der Waals surface area contributed by atoms with Gasteiger partial charge in [0.25, 0.3) is 10.0 Å². The molecule has 0 aliphatic rings. The summed E-state index contributed by atoms with van der Waals surface area (Å²) in [5.74, 6) is -0.810. The van der Waals surface area contributed by atoms with Crippen LogP contribution in [0.5, 0.6) is 0 Å². The Kier molecular flexibility index (Phi) is 5.83. The number of sulfonamides is 2. The van der Waals surface area contributed by atoms with Crippen molar-refractivity contribution in [3.63, 3.8) is 0 Å². The predicted octanol–water partition coefficient (Wildman–Crippen LogP) is 3.91. The standard InChI is InChI=1S/C19H25FN2O4S2/c1-12-9-14(19(3,4)5)10-13(2)18(12)28(25,26)21-15-7-8-16(20)17(11-15)22-27(6,23)24/h7-11,21-22H,1-6H3. The Labute approximate surface area is 166 Å². The first-order chi connectivity index (χ1) is 12.6. The molecule has 2 N–H and O–H groups in total.